The highest BCUT2D eigenvalue weighted by molar-refractivity contribution is 6.30. The van der Waals surface area contributed by atoms with E-state index in [1.165, 1.54) is 71.0 Å². The van der Waals surface area contributed by atoms with Crippen LogP contribution in [0.3, 0.4) is 0 Å². The number of nitrogens with zero attached hydrogens (tertiary/aromatic N) is 8. The van der Waals surface area contributed by atoms with Crippen molar-refractivity contribution in [3.63, 3.8) is 0 Å². The third-order valence-corrected chi connectivity index (χ3v) is 18.6. The van der Waals surface area contributed by atoms with E-state index in [0.717, 1.165) is 31.6 Å². The van der Waals surface area contributed by atoms with Crippen LogP contribution in [0.15, 0.2) is 54.6 Å². The molecule has 558 valence electrons. The van der Waals surface area contributed by atoms with Gasteiger partial charge in [-0.25, -0.2) is 0 Å². The number of benzene rings is 2. The zero-order valence-electron chi connectivity index (χ0n) is 62.6. The minimum absolute atomic E-state index is 0.0239. The average molecular weight is 1420 g/mol. The maximum atomic E-state index is 15.3. The number of aliphatic hydroxyl groups is 1. The Morgan fingerprint density at radius 3 is 1.53 bits per heavy atom. The summed E-state index contributed by atoms with van der Waals surface area (Å²) < 4.78 is 6.17. The largest absolute Gasteiger partial charge is 0.391 e. The molecule has 27 heteroatoms. The summed E-state index contributed by atoms with van der Waals surface area (Å²) in [6.07, 6.45) is 0.329. The fraction of sp³-hybridized carbons (Fsp3) is 0.671. The molecule has 0 radical (unpaired) electrons. The van der Waals surface area contributed by atoms with Crippen molar-refractivity contribution in [1.82, 2.24) is 60.5 Å². The van der Waals surface area contributed by atoms with Crippen LogP contribution in [0.1, 0.15) is 146 Å². The van der Waals surface area contributed by atoms with E-state index in [1.54, 1.807) is 94.1 Å². The van der Waals surface area contributed by atoms with E-state index >= 15 is 19.2 Å². The lowest BCUT2D eigenvalue weighted by Gasteiger charge is -2.38. The Bertz CT molecular complexity index is 3140. The molecule has 2 aromatic carbocycles. The first-order valence-corrected chi connectivity index (χ1v) is 35.4. The molecule has 0 aromatic heterocycles. The Morgan fingerprint density at radius 2 is 1.02 bits per heavy atom. The summed E-state index contributed by atoms with van der Waals surface area (Å²) in [5.41, 5.74) is 0.501. The van der Waals surface area contributed by atoms with E-state index in [1.807, 2.05) is 41.5 Å². The molecular formula is C73H115ClN12O14. The third-order valence-electron chi connectivity index (χ3n) is 18.3. The highest BCUT2D eigenvalue weighted by atomic mass is 35.5. The summed E-state index contributed by atoms with van der Waals surface area (Å²) in [6.45, 7) is 20.0. The van der Waals surface area contributed by atoms with Gasteiger partial charge in [-0.3, -0.25) is 57.5 Å². The molecule has 12 amide bonds. The molecule has 5 N–H and O–H groups in total. The van der Waals surface area contributed by atoms with E-state index in [2.05, 4.69) is 21.3 Å². The first kappa shape index (κ1) is 84.7. The van der Waals surface area contributed by atoms with E-state index in [-0.39, 0.29) is 56.3 Å². The van der Waals surface area contributed by atoms with Gasteiger partial charge in [0.1, 0.15) is 54.4 Å². The van der Waals surface area contributed by atoms with Crippen molar-refractivity contribution in [1.29, 1.82) is 0 Å². The second-order valence-electron chi connectivity index (χ2n) is 29.7. The number of nitrogens with one attached hydrogen (secondary N) is 4. The molecule has 2 aromatic rings. The Morgan fingerprint density at radius 1 is 0.540 bits per heavy atom. The molecule has 0 spiro atoms. The summed E-state index contributed by atoms with van der Waals surface area (Å²) in [5.74, 6) is -10.2. The Balaban J connectivity index is 1.95. The number of rotatable bonds is 16. The lowest BCUT2D eigenvalue weighted by molar-refractivity contribution is -0.151. The SMILES string of the molecule is CC(C)C[C@H]1C(=O)N[C@@H](CCc2cccc(Cl)c2)C(=O)N(C)[C@@H](CC(C)C)C(=O)N[C@@H]([C@@H](C)O)C(=O)N(C)CC(=O)N(C)[C@@H](Cc2ccccc2)C(=O)N(C)[C@@H](CC(C)C)C(=O)N[C@@H](COC(C)(C)C)C(=O)N(C)[C@@H](C(C)C)C(=O)N[C@H](C(=O)N2CCCCC2)CC(=O)N(C)CC(=O)N1C. The molecule has 0 saturated carbocycles. The van der Waals surface area contributed by atoms with Gasteiger partial charge in [-0.2, -0.15) is 0 Å². The molecule has 4 rings (SSSR count). The number of piperidine rings is 1. The van der Waals surface area contributed by atoms with Gasteiger partial charge in [0.05, 0.1) is 37.8 Å². The van der Waals surface area contributed by atoms with Crippen LogP contribution in [-0.4, -0.2) is 263 Å². The second kappa shape index (κ2) is 38.9. The van der Waals surface area contributed by atoms with Crippen LogP contribution in [0.4, 0.5) is 0 Å². The fourth-order valence-corrected chi connectivity index (χ4v) is 12.6. The van der Waals surface area contributed by atoms with Gasteiger partial charge in [-0.1, -0.05) is 109 Å². The molecule has 100 heavy (non-hydrogen) atoms. The molecule has 0 unspecified atom stereocenters. The van der Waals surface area contributed by atoms with Gasteiger partial charge < -0.3 is 70.3 Å². The van der Waals surface area contributed by atoms with Crippen molar-refractivity contribution < 1.29 is 67.4 Å². The number of ether oxygens (including phenoxy) is 1. The van der Waals surface area contributed by atoms with Crippen molar-refractivity contribution >= 4 is 82.5 Å². The number of aliphatic hydroxyl groups excluding tert-OH is 1. The molecular weight excluding hydrogens is 1300 g/mol. The first-order valence-electron chi connectivity index (χ1n) is 35.1. The molecule has 26 nitrogen and oxygen atoms in total. The fourth-order valence-electron chi connectivity index (χ4n) is 12.4. The summed E-state index contributed by atoms with van der Waals surface area (Å²) in [6, 6.07) is 3.30. The van der Waals surface area contributed by atoms with Crippen LogP contribution >= 0.6 is 11.6 Å². The number of hydrogen-bond acceptors (Lipinski definition) is 14. The summed E-state index contributed by atoms with van der Waals surface area (Å²) in [7, 11) is 9.60. The number of carbonyl (C=O) groups is 12. The number of carbonyl (C=O) groups excluding carboxylic acids is 12. The van der Waals surface area contributed by atoms with E-state index < -0.39 is 169 Å². The minimum atomic E-state index is -1.68. The standard InChI is InChI=1S/C73H115ClN12O14/c1-44(2)35-55-64(91)75-52(32-31-50-29-26-30-51(74)38-50)68(95)83(17)57(37-46(5)6)66(93)78-62(48(9)87)72(99)80(14)42-61(90)82(16)58(39-49-27-22-20-23-28-49)71(98)84(18)56(36-45(3)4)65(92)77-54(43-100-73(10,11)12)69(96)85(19)63(47(7)8)67(94)76-53(70(97)86-33-24-21-25-34-86)40-59(88)79(13)41-60(89)81(55)15/h20,22-23,26-30,38,44-48,52-58,62-63,87H,21,24-25,31-37,39-43H2,1-19H3,(H,75,91)(H,76,94)(H,77,92)(H,78,93)/t48-,52+,53+,54+,55+,56+,57+,58+,62+,63+/m1/s1. The molecule has 2 aliphatic heterocycles. The number of hydrogen-bond donors (Lipinski definition) is 5. The van der Waals surface area contributed by atoms with Crippen LogP contribution < -0.4 is 21.3 Å². The van der Waals surface area contributed by atoms with Gasteiger partial charge in [0.2, 0.25) is 70.9 Å². The van der Waals surface area contributed by atoms with Crippen LogP contribution in [0, 0.1) is 23.7 Å². The van der Waals surface area contributed by atoms with Crippen molar-refractivity contribution in [2.75, 3.05) is 82.1 Å². The molecule has 10 atom stereocenters. The van der Waals surface area contributed by atoms with E-state index in [9.17, 15) is 43.5 Å². The number of aryl methyl sites for hydroxylation is 1. The molecule has 2 aliphatic rings. The van der Waals surface area contributed by atoms with Crippen LogP contribution in [0.5, 0.6) is 0 Å². The van der Waals surface area contributed by atoms with Crippen LogP contribution in [-0.2, 0) is 75.1 Å². The predicted molar refractivity (Wildman–Crippen MR) is 381 cm³/mol. The zero-order chi connectivity index (χ0) is 75.4. The van der Waals surface area contributed by atoms with Crippen molar-refractivity contribution in [2.45, 2.75) is 213 Å². The Labute approximate surface area is 597 Å². The molecule has 0 bridgehead atoms. The number of amides is 12. The lowest BCUT2D eigenvalue weighted by atomic mass is 9.98. The quantitative estimate of drug-likeness (QED) is 0.159. The van der Waals surface area contributed by atoms with Gasteiger partial charge in [-0.05, 0) is 126 Å². The minimum Gasteiger partial charge on any atom is -0.391 e. The molecule has 2 fully saturated rings. The number of halogens is 1. The van der Waals surface area contributed by atoms with E-state index in [0.29, 0.717) is 36.5 Å². The van der Waals surface area contributed by atoms with Gasteiger partial charge >= 0.3 is 0 Å². The smallest absolute Gasteiger partial charge is 0.248 e. The van der Waals surface area contributed by atoms with Crippen molar-refractivity contribution in [3.8, 4) is 0 Å². The first-order chi connectivity index (χ1) is 46.6. The molecule has 2 saturated heterocycles. The summed E-state index contributed by atoms with van der Waals surface area (Å²) >= 11 is 6.39. The maximum Gasteiger partial charge on any atom is 0.248 e. The van der Waals surface area contributed by atoms with E-state index in [4.69, 9.17) is 16.3 Å². The normalized spacial score (nSPS) is 24.5. The average Bonchev–Trinajstić information content (AvgIpc) is 0.834. The molecule has 0 aliphatic carbocycles. The Hall–Kier alpha value is -7.71. The highest BCUT2D eigenvalue weighted by Gasteiger charge is 2.43. The van der Waals surface area contributed by atoms with Gasteiger partial charge in [-0.15, -0.1) is 0 Å². The summed E-state index contributed by atoms with van der Waals surface area (Å²) in [4.78, 5) is 188. The Kier molecular flexibility index (Phi) is 33.0. The van der Waals surface area contributed by atoms with Crippen LogP contribution in [0.25, 0.3) is 0 Å². The number of likely N-dealkylation sites (N-methyl/N-ethyl adjacent to an activating group) is 7. The zero-order valence-corrected chi connectivity index (χ0v) is 63.4. The van der Waals surface area contributed by atoms with Crippen LogP contribution in [0.2, 0.25) is 5.02 Å². The van der Waals surface area contributed by atoms with Crippen molar-refractivity contribution in [3.05, 3.63) is 70.7 Å². The number of likely N-dealkylation sites (tertiary alicyclic amines) is 1. The maximum absolute atomic E-state index is 15.3. The molecule has 2 heterocycles. The highest BCUT2D eigenvalue weighted by Crippen LogP contribution is 2.24. The van der Waals surface area contributed by atoms with Gasteiger partial charge in [0, 0.05) is 73.9 Å². The topological polar surface area (TPSA) is 308 Å². The summed E-state index contributed by atoms with van der Waals surface area (Å²) in [5, 5.41) is 22.9. The van der Waals surface area contributed by atoms with Gasteiger partial charge in [0.15, 0.2) is 0 Å². The van der Waals surface area contributed by atoms with Crippen molar-refractivity contribution in [2.24, 2.45) is 23.7 Å². The predicted octanol–water partition coefficient (Wildman–Crippen LogP) is 3.91. The lowest BCUT2D eigenvalue weighted by Crippen LogP contribution is -2.62. The third kappa shape index (κ3) is 25.1. The second-order valence-corrected chi connectivity index (χ2v) is 30.2. The van der Waals surface area contributed by atoms with Gasteiger partial charge in [0.25, 0.3) is 0 Å². The monoisotopic (exact) mass is 1420 g/mol.